The summed E-state index contributed by atoms with van der Waals surface area (Å²) in [5.74, 6) is -3.79. The molecule has 10 nitrogen and oxygen atoms in total. The Hall–Kier alpha value is -4.32. The first kappa shape index (κ1) is 35.1. The molecule has 0 unspecified atom stereocenters. The van der Waals surface area contributed by atoms with Gasteiger partial charge in [0.15, 0.2) is 0 Å². The zero-order valence-electron chi connectivity index (χ0n) is 28.9. The lowest BCUT2D eigenvalue weighted by molar-refractivity contribution is -0.164. The van der Waals surface area contributed by atoms with Crippen LogP contribution in [0.1, 0.15) is 44.8 Å². The van der Waals surface area contributed by atoms with Gasteiger partial charge in [-0.3, -0.25) is 19.2 Å². The van der Waals surface area contributed by atoms with Gasteiger partial charge in [-0.15, -0.1) is 0 Å². The van der Waals surface area contributed by atoms with Crippen LogP contribution in [0.15, 0.2) is 95.5 Å². The first-order valence-electron chi connectivity index (χ1n) is 17.6. The molecule has 4 heterocycles. The number of likely N-dealkylation sites (N-methyl/N-ethyl adjacent to an activating group) is 1. The van der Waals surface area contributed by atoms with Crippen molar-refractivity contribution >= 4 is 56.1 Å². The van der Waals surface area contributed by atoms with Crippen molar-refractivity contribution in [3.63, 3.8) is 0 Å². The maximum atomic E-state index is 15.2. The molecule has 11 heteroatoms. The van der Waals surface area contributed by atoms with E-state index in [-0.39, 0.29) is 25.5 Å². The Balaban J connectivity index is 1.38. The molecule has 3 aromatic rings. The van der Waals surface area contributed by atoms with E-state index in [4.69, 9.17) is 9.47 Å². The summed E-state index contributed by atoms with van der Waals surface area (Å²) >= 11 is 3.62. The normalized spacial score (nSPS) is 31.2. The van der Waals surface area contributed by atoms with Gasteiger partial charge in [-0.05, 0) is 54.3 Å². The second kappa shape index (κ2) is 14.0. The zero-order chi connectivity index (χ0) is 36.0. The summed E-state index contributed by atoms with van der Waals surface area (Å²) in [6.07, 6.45) is 4.83. The second-order valence-corrected chi connectivity index (χ2v) is 14.7. The minimum absolute atomic E-state index is 0.122. The molecule has 266 valence electrons. The van der Waals surface area contributed by atoms with Crippen LogP contribution in [0.5, 0.6) is 0 Å². The van der Waals surface area contributed by atoms with Gasteiger partial charge in [0.1, 0.15) is 29.8 Å². The number of esters is 1. The summed E-state index contributed by atoms with van der Waals surface area (Å²) in [4.78, 5) is 62.6. The minimum atomic E-state index is -1.50. The first-order chi connectivity index (χ1) is 24.6. The number of aliphatic hydroxyl groups is 1. The van der Waals surface area contributed by atoms with Gasteiger partial charge in [0.05, 0.1) is 24.6 Å². The number of fused-ring (bicyclic) bond motifs is 3. The monoisotopic (exact) mass is 755 g/mol. The number of anilines is 1. The van der Waals surface area contributed by atoms with E-state index in [2.05, 4.69) is 15.9 Å². The van der Waals surface area contributed by atoms with Gasteiger partial charge in [0.25, 0.3) is 5.91 Å². The van der Waals surface area contributed by atoms with Crippen molar-refractivity contribution in [3.05, 3.63) is 101 Å². The lowest BCUT2D eigenvalue weighted by atomic mass is 9.74. The Morgan fingerprint density at radius 1 is 0.941 bits per heavy atom. The number of amides is 3. The predicted molar refractivity (Wildman–Crippen MR) is 196 cm³/mol. The van der Waals surface area contributed by atoms with Crippen LogP contribution < -0.4 is 4.90 Å². The van der Waals surface area contributed by atoms with Crippen molar-refractivity contribution in [2.24, 2.45) is 11.8 Å². The molecule has 5 bridgehead atoms. The summed E-state index contributed by atoms with van der Waals surface area (Å²) in [7, 11) is 1.70. The SMILES string of the molecule is CC[C@@H](CO)N1C(=O)[C@@H]2[C@H]3C(=O)O[C@@H](c4ccccc4)[C@H](C)N(C)C(=O)CC/C=C\CN(c4ccc5ccccc5c4)C(=O)[C@@H]1[C@]21C=C(Br)[C@H]3O1. The highest BCUT2D eigenvalue weighted by atomic mass is 79.9. The van der Waals surface area contributed by atoms with Gasteiger partial charge in [-0.25, -0.2) is 0 Å². The van der Waals surface area contributed by atoms with E-state index in [1.807, 2.05) is 98.8 Å². The number of cyclic esters (lactones) is 1. The van der Waals surface area contributed by atoms with Gasteiger partial charge < -0.3 is 29.3 Å². The molecule has 8 atom stereocenters. The van der Waals surface area contributed by atoms with Gasteiger partial charge >= 0.3 is 5.97 Å². The molecule has 1 spiro atoms. The highest BCUT2D eigenvalue weighted by molar-refractivity contribution is 9.11. The fourth-order valence-electron chi connectivity index (χ4n) is 8.23. The third-order valence-electron chi connectivity index (χ3n) is 11.0. The van der Waals surface area contributed by atoms with Crippen molar-refractivity contribution in [1.29, 1.82) is 0 Å². The summed E-state index contributed by atoms with van der Waals surface area (Å²) in [6, 6.07) is 20.4. The van der Waals surface area contributed by atoms with Crippen LogP contribution in [0.4, 0.5) is 5.69 Å². The van der Waals surface area contributed by atoms with Crippen molar-refractivity contribution in [2.75, 3.05) is 25.1 Å². The maximum Gasteiger partial charge on any atom is 0.313 e. The number of hydrogen-bond donors (Lipinski definition) is 1. The van der Waals surface area contributed by atoms with E-state index in [9.17, 15) is 19.5 Å². The van der Waals surface area contributed by atoms with Crippen LogP contribution in [0.25, 0.3) is 10.8 Å². The fourth-order valence-corrected chi connectivity index (χ4v) is 8.97. The number of nitrogens with zero attached hydrogens (tertiary/aromatic N) is 3. The molecule has 3 aromatic carbocycles. The Morgan fingerprint density at radius 3 is 2.39 bits per heavy atom. The van der Waals surface area contributed by atoms with Crippen molar-refractivity contribution in [3.8, 4) is 0 Å². The summed E-state index contributed by atoms with van der Waals surface area (Å²) < 4.78 is 13.6. The maximum absolute atomic E-state index is 15.2. The Kier molecular flexibility index (Phi) is 9.64. The molecule has 1 N–H and O–H groups in total. The number of ether oxygens (including phenoxy) is 2. The van der Waals surface area contributed by atoms with Crippen LogP contribution >= 0.6 is 15.9 Å². The Labute approximate surface area is 305 Å². The third kappa shape index (κ3) is 5.89. The number of likely N-dealkylation sites (tertiary alicyclic amines) is 1. The van der Waals surface area contributed by atoms with Crippen LogP contribution in [0, 0.1) is 11.8 Å². The largest absolute Gasteiger partial charge is 0.455 e. The number of hydrogen-bond acceptors (Lipinski definition) is 7. The van der Waals surface area contributed by atoms with Gasteiger partial charge in [-0.1, -0.05) is 95.7 Å². The highest BCUT2D eigenvalue weighted by Crippen LogP contribution is 2.59. The van der Waals surface area contributed by atoms with Gasteiger partial charge in [0.2, 0.25) is 11.8 Å². The number of benzene rings is 3. The molecule has 3 amide bonds. The number of carbonyl (C=O) groups is 4. The van der Waals surface area contributed by atoms with E-state index in [1.165, 1.54) is 4.90 Å². The summed E-state index contributed by atoms with van der Waals surface area (Å²) in [6.45, 7) is 3.47. The molecule has 0 aliphatic carbocycles. The highest BCUT2D eigenvalue weighted by Gasteiger charge is 2.75. The smallest absolute Gasteiger partial charge is 0.313 e. The van der Waals surface area contributed by atoms with E-state index in [0.717, 1.165) is 10.8 Å². The number of allylic oxidation sites excluding steroid dienone is 1. The Morgan fingerprint density at radius 2 is 1.67 bits per heavy atom. The molecule has 7 rings (SSSR count). The van der Waals surface area contributed by atoms with Crippen LogP contribution in [-0.2, 0) is 28.7 Å². The fraction of sp³-hybridized carbons (Fsp3) is 0.400. The molecule has 2 saturated heterocycles. The van der Waals surface area contributed by atoms with Gasteiger partial charge in [-0.2, -0.15) is 0 Å². The topological polar surface area (TPSA) is 117 Å². The quantitative estimate of drug-likeness (QED) is 0.278. The average Bonchev–Trinajstić information content (AvgIpc) is 3.74. The van der Waals surface area contributed by atoms with Crippen molar-refractivity contribution in [1.82, 2.24) is 9.80 Å². The van der Waals surface area contributed by atoms with Crippen molar-refractivity contribution < 1.29 is 33.8 Å². The number of rotatable bonds is 5. The van der Waals surface area contributed by atoms with E-state index >= 15 is 4.79 Å². The summed E-state index contributed by atoms with van der Waals surface area (Å²) in [5.41, 5.74) is -0.182. The van der Waals surface area contributed by atoms with Gasteiger partial charge in [0, 0.05) is 30.2 Å². The zero-order valence-corrected chi connectivity index (χ0v) is 30.4. The van der Waals surface area contributed by atoms with Crippen molar-refractivity contribution in [2.45, 2.75) is 69.0 Å². The van der Waals surface area contributed by atoms with Crippen LogP contribution in [0.2, 0.25) is 0 Å². The minimum Gasteiger partial charge on any atom is -0.455 e. The van der Waals surface area contributed by atoms with Crippen LogP contribution in [-0.4, -0.2) is 88.6 Å². The average molecular weight is 757 g/mol. The number of aliphatic hydroxyl groups excluding tert-OH is 1. The van der Waals surface area contributed by atoms with Crippen LogP contribution in [0.3, 0.4) is 0 Å². The second-order valence-electron chi connectivity index (χ2n) is 13.8. The molecule has 51 heavy (non-hydrogen) atoms. The number of carbonyl (C=O) groups excluding carboxylic acids is 4. The Bertz CT molecular complexity index is 1910. The van der Waals surface area contributed by atoms with E-state index in [1.54, 1.807) is 22.9 Å². The molecular formula is C40H42BrN3O7. The molecule has 4 aliphatic heterocycles. The molecule has 4 aliphatic rings. The van der Waals surface area contributed by atoms with E-state index < -0.39 is 65.6 Å². The summed E-state index contributed by atoms with van der Waals surface area (Å²) in [5, 5.41) is 12.5. The lowest BCUT2D eigenvalue weighted by Gasteiger charge is -2.38. The number of halogens is 1. The molecule has 0 radical (unpaired) electrons. The molecule has 2 fully saturated rings. The molecule has 0 saturated carbocycles. The molecule has 0 aromatic heterocycles. The standard InChI is InChI=1S/C40H42BrN3O7/c1-4-28(23-45)44-36-38(48)43(29-19-18-25-13-10-11-16-27(25)21-29)20-12-6-9-17-31(46)42(3)24(2)34(26-14-7-5-8-15-26)50-39(49)32-33(37(44)47)40(36)22-30(41)35(32)51-40/h5-8,10-16,18-19,21-22,24,28,32-36,45H,4,9,17,20,23H2,1-3H3/b12-6-/t24-,28-,32+,33-,34+,35+,36+,40-/m0/s1. The third-order valence-corrected chi connectivity index (χ3v) is 11.7. The first-order valence-corrected chi connectivity index (χ1v) is 18.4. The van der Waals surface area contributed by atoms with E-state index in [0.29, 0.717) is 28.6 Å². The predicted octanol–water partition coefficient (Wildman–Crippen LogP) is 5.30. The lowest BCUT2D eigenvalue weighted by Crippen LogP contribution is -2.58. The molecular weight excluding hydrogens is 714 g/mol.